The van der Waals surface area contributed by atoms with Crippen LogP contribution in [0.15, 0.2) is 24.5 Å². The van der Waals surface area contributed by atoms with E-state index in [9.17, 15) is 9.00 Å². The summed E-state index contributed by atoms with van der Waals surface area (Å²) in [5, 5.41) is 9.06. The molecule has 0 aliphatic rings. The summed E-state index contributed by atoms with van der Waals surface area (Å²) in [4.78, 5) is 15.2. The van der Waals surface area contributed by atoms with Crippen LogP contribution in [0.2, 0.25) is 0 Å². The maximum atomic E-state index is 11.4. The molecule has 0 spiro atoms. The fourth-order valence-electron chi connectivity index (χ4n) is 1.79. The van der Waals surface area contributed by atoms with Crippen LogP contribution in [-0.2, 0) is 17.3 Å². The van der Waals surface area contributed by atoms with E-state index in [1.165, 1.54) is 6.07 Å². The van der Waals surface area contributed by atoms with Crippen molar-refractivity contribution in [3.63, 3.8) is 0 Å². The molecule has 2 atom stereocenters. The van der Waals surface area contributed by atoms with E-state index in [1.807, 2.05) is 17.6 Å². The highest BCUT2D eigenvalue weighted by atomic mass is 32.2. The third-order valence-electron chi connectivity index (χ3n) is 2.90. The van der Waals surface area contributed by atoms with Gasteiger partial charge in [-0.1, -0.05) is 6.07 Å². The third kappa shape index (κ3) is 2.28. The number of nitrogens with zero attached hydrogens (tertiary/aromatic N) is 2. The largest absolute Gasteiger partial charge is 0.478 e. The fourth-order valence-corrected chi connectivity index (χ4v) is 2.16. The van der Waals surface area contributed by atoms with Gasteiger partial charge in [0, 0.05) is 28.9 Å². The quantitative estimate of drug-likeness (QED) is 0.910. The van der Waals surface area contributed by atoms with Gasteiger partial charge < -0.3 is 9.67 Å². The lowest BCUT2D eigenvalue weighted by molar-refractivity contribution is 0.0699. The number of imidazole rings is 1. The van der Waals surface area contributed by atoms with Crippen LogP contribution < -0.4 is 0 Å². The normalized spacial score (nSPS) is 14.6. The van der Waals surface area contributed by atoms with Gasteiger partial charge in [0.1, 0.15) is 5.52 Å². The summed E-state index contributed by atoms with van der Waals surface area (Å²) in [6, 6.07) is 5.04. The van der Waals surface area contributed by atoms with Crippen molar-refractivity contribution in [1.29, 1.82) is 0 Å². The second-order valence-corrected chi connectivity index (χ2v) is 5.99. The molecule has 1 heterocycles. The van der Waals surface area contributed by atoms with Crippen molar-refractivity contribution >= 4 is 27.8 Å². The number of rotatable bonds is 4. The van der Waals surface area contributed by atoms with Gasteiger partial charge in [-0.3, -0.25) is 4.21 Å². The number of fused-ring (bicyclic) bond motifs is 1. The zero-order chi connectivity index (χ0) is 13.3. The molecule has 2 unspecified atom stereocenters. The minimum atomic E-state index is -0.988. The van der Waals surface area contributed by atoms with E-state index in [0.29, 0.717) is 12.1 Å². The van der Waals surface area contributed by atoms with E-state index in [0.717, 1.165) is 5.52 Å². The zero-order valence-electron chi connectivity index (χ0n) is 10.2. The molecule has 0 bridgehead atoms. The van der Waals surface area contributed by atoms with Crippen molar-refractivity contribution in [2.75, 3.05) is 6.26 Å². The first-order valence-electron chi connectivity index (χ1n) is 5.50. The molecule has 0 saturated carbocycles. The van der Waals surface area contributed by atoms with Crippen molar-refractivity contribution in [1.82, 2.24) is 9.55 Å². The standard InChI is InChI=1S/C12H14N2O3S/c1-8(18(2)17)6-14-7-13-11-9(12(15)16)4-3-5-10(11)14/h3-5,7-8H,6H2,1-2H3,(H,15,16). The molecule has 2 rings (SSSR count). The highest BCUT2D eigenvalue weighted by Crippen LogP contribution is 2.18. The predicted molar refractivity (Wildman–Crippen MR) is 70.2 cm³/mol. The molecule has 18 heavy (non-hydrogen) atoms. The zero-order valence-corrected chi connectivity index (χ0v) is 11.0. The highest BCUT2D eigenvalue weighted by Gasteiger charge is 2.14. The van der Waals surface area contributed by atoms with Gasteiger partial charge in [-0.05, 0) is 19.1 Å². The van der Waals surface area contributed by atoms with E-state index in [2.05, 4.69) is 4.98 Å². The van der Waals surface area contributed by atoms with Gasteiger partial charge in [0.05, 0.1) is 17.4 Å². The molecule has 2 aromatic rings. The Balaban J connectivity index is 2.46. The van der Waals surface area contributed by atoms with Gasteiger partial charge in [-0.2, -0.15) is 0 Å². The maximum absolute atomic E-state index is 11.4. The number of carboxylic acid groups (broad SMARTS) is 1. The van der Waals surface area contributed by atoms with E-state index in [4.69, 9.17) is 5.11 Å². The first-order valence-corrected chi connectivity index (χ1v) is 7.12. The molecule has 5 nitrogen and oxygen atoms in total. The summed E-state index contributed by atoms with van der Waals surface area (Å²) >= 11 is 0. The summed E-state index contributed by atoms with van der Waals surface area (Å²) in [5.41, 5.74) is 1.42. The minimum absolute atomic E-state index is 0.00381. The second kappa shape index (κ2) is 4.89. The summed E-state index contributed by atoms with van der Waals surface area (Å²) < 4.78 is 13.2. The summed E-state index contributed by atoms with van der Waals surface area (Å²) in [5.74, 6) is -0.988. The Bertz CT molecular complexity index is 621. The molecule has 1 aromatic heterocycles. The Hall–Kier alpha value is -1.69. The molecule has 96 valence electrons. The molecule has 1 aromatic carbocycles. The van der Waals surface area contributed by atoms with Gasteiger partial charge in [0.25, 0.3) is 0 Å². The Labute approximate surface area is 107 Å². The molecule has 0 fully saturated rings. The summed E-state index contributed by atoms with van der Waals surface area (Å²) in [7, 11) is -0.917. The minimum Gasteiger partial charge on any atom is -0.478 e. The van der Waals surface area contributed by atoms with Gasteiger partial charge in [0.2, 0.25) is 0 Å². The number of hydrogen-bond donors (Lipinski definition) is 1. The lowest BCUT2D eigenvalue weighted by atomic mass is 10.2. The number of carbonyl (C=O) groups is 1. The topological polar surface area (TPSA) is 72.2 Å². The first-order chi connectivity index (χ1) is 8.50. The van der Waals surface area contributed by atoms with Crippen molar-refractivity contribution in [2.24, 2.45) is 0 Å². The van der Waals surface area contributed by atoms with Crippen LogP contribution in [0.5, 0.6) is 0 Å². The number of carboxylic acids is 1. The van der Waals surface area contributed by atoms with Crippen LogP contribution in [0.3, 0.4) is 0 Å². The van der Waals surface area contributed by atoms with E-state index >= 15 is 0 Å². The van der Waals surface area contributed by atoms with Crippen molar-refractivity contribution in [3.05, 3.63) is 30.1 Å². The average molecular weight is 266 g/mol. The second-order valence-electron chi connectivity index (χ2n) is 4.18. The van der Waals surface area contributed by atoms with Crippen molar-refractivity contribution in [3.8, 4) is 0 Å². The Kier molecular flexibility index (Phi) is 3.47. The maximum Gasteiger partial charge on any atom is 0.337 e. The average Bonchev–Trinajstić information content (AvgIpc) is 2.72. The smallest absolute Gasteiger partial charge is 0.337 e. The van der Waals surface area contributed by atoms with Crippen LogP contribution >= 0.6 is 0 Å². The van der Waals surface area contributed by atoms with Gasteiger partial charge in [0.15, 0.2) is 0 Å². The molecule has 0 aliphatic heterocycles. The summed E-state index contributed by atoms with van der Waals surface area (Å²) in [6.45, 7) is 2.45. The van der Waals surface area contributed by atoms with Crippen molar-refractivity contribution in [2.45, 2.75) is 18.7 Å². The van der Waals surface area contributed by atoms with E-state index < -0.39 is 16.8 Å². The molecule has 0 radical (unpaired) electrons. The van der Waals surface area contributed by atoms with E-state index in [1.54, 1.807) is 18.6 Å². The molecule has 1 N–H and O–H groups in total. The Morgan fingerprint density at radius 2 is 2.28 bits per heavy atom. The molecule has 0 amide bonds. The molecular weight excluding hydrogens is 252 g/mol. The molecular formula is C12H14N2O3S. The number of hydrogen-bond acceptors (Lipinski definition) is 3. The number of benzene rings is 1. The number of para-hydroxylation sites is 1. The van der Waals surface area contributed by atoms with Crippen LogP contribution in [-0.4, -0.2) is 36.3 Å². The van der Waals surface area contributed by atoms with Gasteiger partial charge in [-0.15, -0.1) is 0 Å². The SMILES string of the molecule is CC(Cn1cnc2c(C(=O)O)cccc21)S(C)=O. The predicted octanol–water partition coefficient (Wildman–Crippen LogP) is 1.50. The van der Waals surface area contributed by atoms with Crippen LogP contribution in [0.1, 0.15) is 17.3 Å². The lowest BCUT2D eigenvalue weighted by Crippen LogP contribution is -2.16. The number of aromatic carboxylic acids is 1. The van der Waals surface area contributed by atoms with E-state index in [-0.39, 0.29) is 10.8 Å². The summed E-state index contributed by atoms with van der Waals surface area (Å²) in [6.07, 6.45) is 3.26. The van der Waals surface area contributed by atoms with Crippen LogP contribution in [0, 0.1) is 0 Å². The van der Waals surface area contributed by atoms with Crippen LogP contribution in [0.25, 0.3) is 11.0 Å². The monoisotopic (exact) mass is 266 g/mol. The first kappa shape index (κ1) is 12.8. The molecule has 0 aliphatic carbocycles. The van der Waals surface area contributed by atoms with Crippen molar-refractivity contribution < 1.29 is 14.1 Å². The molecule has 0 saturated heterocycles. The molecule has 6 heteroatoms. The number of aromatic nitrogens is 2. The Morgan fingerprint density at radius 1 is 1.56 bits per heavy atom. The highest BCUT2D eigenvalue weighted by molar-refractivity contribution is 7.84. The third-order valence-corrected chi connectivity index (χ3v) is 4.18. The fraction of sp³-hybridized carbons (Fsp3) is 0.333. The Morgan fingerprint density at radius 3 is 2.89 bits per heavy atom. The van der Waals surface area contributed by atoms with Gasteiger partial charge >= 0.3 is 5.97 Å². The van der Waals surface area contributed by atoms with Crippen LogP contribution in [0.4, 0.5) is 0 Å². The van der Waals surface area contributed by atoms with Gasteiger partial charge in [-0.25, -0.2) is 9.78 Å². The lowest BCUT2D eigenvalue weighted by Gasteiger charge is -2.10.